The van der Waals surface area contributed by atoms with Crippen molar-refractivity contribution in [2.24, 2.45) is 0 Å². The van der Waals surface area contributed by atoms with Crippen LogP contribution in [0.3, 0.4) is 0 Å². The summed E-state index contributed by atoms with van der Waals surface area (Å²) in [6.07, 6.45) is -0.416. The van der Waals surface area contributed by atoms with E-state index in [4.69, 9.17) is 9.15 Å². The second-order valence-corrected chi connectivity index (χ2v) is 6.29. The fraction of sp³-hybridized carbons (Fsp3) is 0.0870. The highest BCUT2D eigenvalue weighted by Gasteiger charge is 2.17. The number of hydrogen-bond acceptors (Lipinski definition) is 5. The van der Waals surface area contributed by atoms with Crippen LogP contribution in [0.5, 0.6) is 5.75 Å². The number of ketones is 1. The zero-order chi connectivity index (χ0) is 19.3. The van der Waals surface area contributed by atoms with Crippen molar-refractivity contribution in [1.29, 1.82) is 0 Å². The summed E-state index contributed by atoms with van der Waals surface area (Å²) in [4.78, 5) is 12.5. The molecule has 5 heteroatoms. The van der Waals surface area contributed by atoms with E-state index in [1.54, 1.807) is 36.4 Å². The van der Waals surface area contributed by atoms with Crippen LogP contribution in [0, 0.1) is 0 Å². The Labute approximate surface area is 162 Å². The Kier molecular flexibility index (Phi) is 4.97. The average Bonchev–Trinajstić information content (AvgIpc) is 3.26. The molecule has 28 heavy (non-hydrogen) atoms. The van der Waals surface area contributed by atoms with Crippen molar-refractivity contribution in [3.8, 4) is 17.2 Å². The molecule has 0 aliphatic carbocycles. The van der Waals surface area contributed by atoms with Gasteiger partial charge in [0.15, 0.2) is 11.9 Å². The van der Waals surface area contributed by atoms with Gasteiger partial charge in [-0.05, 0) is 43.3 Å². The topological polar surface area (TPSA) is 65.2 Å². The summed E-state index contributed by atoms with van der Waals surface area (Å²) in [7, 11) is 0. The first-order valence-corrected chi connectivity index (χ1v) is 8.96. The predicted molar refractivity (Wildman–Crippen MR) is 105 cm³/mol. The quantitative estimate of drug-likeness (QED) is 0.441. The normalized spacial score (nSPS) is 11.8. The smallest absolute Gasteiger partial charge is 0.257 e. The molecular formula is C23H18N2O3. The Morgan fingerprint density at radius 2 is 1.43 bits per heavy atom. The van der Waals surface area contributed by atoms with Gasteiger partial charge in [-0.2, -0.15) is 0 Å². The number of carbonyl (C=O) groups excluding carboxylic acids is 1. The summed E-state index contributed by atoms with van der Waals surface area (Å²) < 4.78 is 11.6. The minimum absolute atomic E-state index is 0.0235. The molecule has 0 N–H and O–H groups in total. The zero-order valence-corrected chi connectivity index (χ0v) is 15.3. The Morgan fingerprint density at radius 1 is 0.821 bits per heavy atom. The van der Waals surface area contributed by atoms with E-state index in [2.05, 4.69) is 10.2 Å². The Balaban J connectivity index is 1.45. The molecule has 1 heterocycles. The van der Waals surface area contributed by atoms with Gasteiger partial charge in [0.1, 0.15) is 5.75 Å². The molecular weight excluding hydrogens is 352 g/mol. The monoisotopic (exact) mass is 370 g/mol. The molecule has 0 saturated heterocycles. The lowest BCUT2D eigenvalue weighted by Gasteiger charge is -2.11. The number of aromatic nitrogens is 2. The molecule has 0 fully saturated rings. The van der Waals surface area contributed by atoms with Crippen LogP contribution in [0.15, 0.2) is 89.3 Å². The molecule has 5 nitrogen and oxygen atoms in total. The summed E-state index contributed by atoms with van der Waals surface area (Å²) in [6, 6.07) is 25.8. The molecule has 0 saturated carbocycles. The van der Waals surface area contributed by atoms with E-state index in [1.807, 2.05) is 55.5 Å². The van der Waals surface area contributed by atoms with Gasteiger partial charge in [0.2, 0.25) is 5.89 Å². The number of benzene rings is 3. The number of carbonyl (C=O) groups is 1. The van der Waals surface area contributed by atoms with E-state index in [1.165, 1.54) is 0 Å². The third-order valence-corrected chi connectivity index (χ3v) is 4.27. The van der Waals surface area contributed by atoms with E-state index in [0.717, 1.165) is 5.56 Å². The summed E-state index contributed by atoms with van der Waals surface area (Å²) in [6.45, 7) is 1.84. The second-order valence-electron chi connectivity index (χ2n) is 6.29. The van der Waals surface area contributed by atoms with E-state index in [9.17, 15) is 4.79 Å². The van der Waals surface area contributed by atoms with Crippen molar-refractivity contribution in [3.05, 3.63) is 102 Å². The van der Waals surface area contributed by atoms with Crippen LogP contribution < -0.4 is 4.74 Å². The number of nitrogens with zero attached hydrogens (tertiary/aromatic N) is 2. The first-order valence-electron chi connectivity index (χ1n) is 8.96. The Hall–Kier alpha value is -3.73. The molecule has 0 unspecified atom stereocenters. The van der Waals surface area contributed by atoms with Gasteiger partial charge in [0, 0.05) is 16.7 Å². The third-order valence-electron chi connectivity index (χ3n) is 4.27. The number of rotatable bonds is 6. The lowest BCUT2D eigenvalue weighted by atomic mass is 10.0. The van der Waals surface area contributed by atoms with Crippen molar-refractivity contribution >= 4 is 5.78 Å². The summed E-state index contributed by atoms with van der Waals surface area (Å²) in [5.74, 6) is 1.44. The summed E-state index contributed by atoms with van der Waals surface area (Å²) in [5.41, 5.74) is 2.12. The molecule has 0 amide bonds. The van der Waals surface area contributed by atoms with Gasteiger partial charge >= 0.3 is 0 Å². The molecule has 0 bridgehead atoms. The van der Waals surface area contributed by atoms with Crippen LogP contribution in [0.1, 0.15) is 34.8 Å². The predicted octanol–water partition coefficient (Wildman–Crippen LogP) is 5.11. The first kappa shape index (κ1) is 17.7. The van der Waals surface area contributed by atoms with Crippen LogP contribution in [-0.2, 0) is 0 Å². The fourth-order valence-electron chi connectivity index (χ4n) is 2.79. The minimum atomic E-state index is -0.416. The van der Waals surface area contributed by atoms with Gasteiger partial charge in [0.05, 0.1) is 0 Å². The maximum absolute atomic E-state index is 12.5. The lowest BCUT2D eigenvalue weighted by Crippen LogP contribution is -2.04. The molecule has 4 rings (SSSR count). The lowest BCUT2D eigenvalue weighted by molar-refractivity contribution is 0.103. The van der Waals surface area contributed by atoms with Gasteiger partial charge < -0.3 is 9.15 Å². The molecule has 0 aliphatic heterocycles. The molecule has 0 spiro atoms. The Bertz CT molecular complexity index is 1060. The van der Waals surface area contributed by atoms with Crippen LogP contribution in [0.2, 0.25) is 0 Å². The van der Waals surface area contributed by atoms with Gasteiger partial charge in [-0.3, -0.25) is 4.79 Å². The van der Waals surface area contributed by atoms with Crippen LogP contribution in [-0.4, -0.2) is 16.0 Å². The summed E-state index contributed by atoms with van der Waals surface area (Å²) in [5, 5.41) is 8.16. The molecule has 0 aliphatic rings. The summed E-state index contributed by atoms with van der Waals surface area (Å²) >= 11 is 0. The fourth-order valence-corrected chi connectivity index (χ4v) is 2.79. The molecule has 0 radical (unpaired) electrons. The van der Waals surface area contributed by atoms with Gasteiger partial charge in [-0.25, -0.2) is 0 Å². The highest BCUT2D eigenvalue weighted by molar-refractivity contribution is 6.08. The highest BCUT2D eigenvalue weighted by atomic mass is 16.5. The first-order chi connectivity index (χ1) is 13.7. The minimum Gasteiger partial charge on any atom is -0.481 e. The van der Waals surface area contributed by atoms with Crippen LogP contribution >= 0.6 is 0 Å². The average molecular weight is 370 g/mol. The van der Waals surface area contributed by atoms with E-state index in [-0.39, 0.29) is 5.78 Å². The zero-order valence-electron chi connectivity index (χ0n) is 15.3. The molecule has 1 aromatic heterocycles. The van der Waals surface area contributed by atoms with Crippen LogP contribution in [0.25, 0.3) is 11.5 Å². The van der Waals surface area contributed by atoms with Gasteiger partial charge in [-0.15, -0.1) is 10.2 Å². The maximum Gasteiger partial charge on any atom is 0.257 e. The van der Waals surface area contributed by atoms with Crippen LogP contribution in [0.4, 0.5) is 0 Å². The highest BCUT2D eigenvalue weighted by Crippen LogP contribution is 2.25. The van der Waals surface area contributed by atoms with E-state index in [0.29, 0.717) is 28.7 Å². The number of hydrogen-bond donors (Lipinski definition) is 0. The van der Waals surface area contributed by atoms with Crippen molar-refractivity contribution < 1.29 is 13.9 Å². The largest absolute Gasteiger partial charge is 0.481 e. The van der Waals surface area contributed by atoms with Crippen molar-refractivity contribution in [2.75, 3.05) is 0 Å². The standard InChI is InChI=1S/C23H18N2O3/c1-16(22-24-25-23(28-22)19-10-6-3-7-11-19)27-20-14-12-18(13-15-20)21(26)17-8-4-2-5-9-17/h2-16H,1H3/t16-/m0/s1. The van der Waals surface area contributed by atoms with Crippen molar-refractivity contribution in [3.63, 3.8) is 0 Å². The molecule has 138 valence electrons. The van der Waals surface area contributed by atoms with E-state index >= 15 is 0 Å². The molecule has 1 atom stereocenters. The molecule has 4 aromatic rings. The van der Waals surface area contributed by atoms with Gasteiger partial charge in [-0.1, -0.05) is 48.5 Å². The van der Waals surface area contributed by atoms with Crippen molar-refractivity contribution in [1.82, 2.24) is 10.2 Å². The van der Waals surface area contributed by atoms with Gasteiger partial charge in [0.25, 0.3) is 5.89 Å². The molecule has 3 aromatic carbocycles. The SMILES string of the molecule is C[C@H](Oc1ccc(C(=O)c2ccccc2)cc1)c1nnc(-c2ccccc2)o1. The second kappa shape index (κ2) is 7.88. The van der Waals surface area contributed by atoms with Crippen molar-refractivity contribution in [2.45, 2.75) is 13.0 Å². The van der Waals surface area contributed by atoms with E-state index < -0.39 is 6.10 Å². The Morgan fingerprint density at radius 3 is 2.11 bits per heavy atom. The third kappa shape index (κ3) is 3.83. The number of ether oxygens (including phenoxy) is 1. The maximum atomic E-state index is 12.5.